The molecule has 0 fully saturated rings. The molecule has 88 valence electrons. The summed E-state index contributed by atoms with van der Waals surface area (Å²) in [4.78, 5) is 11.5. The number of rotatable bonds is 5. The molecule has 1 rings (SSSR count). The molecule has 5 heteroatoms. The van der Waals surface area contributed by atoms with E-state index in [1.807, 2.05) is 0 Å². The predicted molar refractivity (Wildman–Crippen MR) is 62.8 cm³/mol. The fourth-order valence-corrected chi connectivity index (χ4v) is 1.96. The van der Waals surface area contributed by atoms with Crippen molar-refractivity contribution in [3.63, 3.8) is 0 Å². The van der Waals surface area contributed by atoms with Gasteiger partial charge in [-0.3, -0.25) is 4.79 Å². The topological polar surface area (TPSA) is 52.3 Å². The molecule has 0 amide bonds. The number of ether oxygens (including phenoxy) is 1. The monoisotopic (exact) mass is 243 g/mol. The molecule has 2 N–H and O–H groups in total. The Morgan fingerprint density at radius 1 is 1.56 bits per heavy atom. The first kappa shape index (κ1) is 12.8. The summed E-state index contributed by atoms with van der Waals surface area (Å²) >= 11 is 1.28. The van der Waals surface area contributed by atoms with Gasteiger partial charge in [0.1, 0.15) is 5.82 Å². The summed E-state index contributed by atoms with van der Waals surface area (Å²) in [5.41, 5.74) is 5.82. The van der Waals surface area contributed by atoms with Gasteiger partial charge in [-0.05, 0) is 25.1 Å². The Morgan fingerprint density at radius 2 is 2.31 bits per heavy atom. The Hall–Kier alpha value is -1.23. The molecule has 0 radical (unpaired) electrons. The van der Waals surface area contributed by atoms with E-state index < -0.39 is 0 Å². The van der Waals surface area contributed by atoms with Crippen LogP contribution in [-0.4, -0.2) is 18.3 Å². The number of halogens is 1. The molecular weight excluding hydrogens is 229 g/mol. The lowest BCUT2D eigenvalue weighted by molar-refractivity contribution is -0.142. The van der Waals surface area contributed by atoms with E-state index in [9.17, 15) is 9.18 Å². The molecule has 0 spiro atoms. The zero-order valence-electron chi connectivity index (χ0n) is 9.03. The van der Waals surface area contributed by atoms with Gasteiger partial charge in [-0.15, -0.1) is 11.8 Å². The number of benzene rings is 1. The summed E-state index contributed by atoms with van der Waals surface area (Å²) in [5, 5.41) is 0. The average Bonchev–Trinajstić information content (AvgIpc) is 2.22. The van der Waals surface area contributed by atoms with Crippen LogP contribution in [0, 0.1) is 5.82 Å². The van der Waals surface area contributed by atoms with Crippen LogP contribution in [0.2, 0.25) is 0 Å². The molecule has 0 aliphatic heterocycles. The van der Waals surface area contributed by atoms with Crippen LogP contribution in [0.3, 0.4) is 0 Å². The van der Waals surface area contributed by atoms with Gasteiger partial charge in [-0.25, -0.2) is 4.39 Å². The highest BCUT2D eigenvalue weighted by Gasteiger charge is 2.05. The number of thioether (sulfide) groups is 1. The zero-order chi connectivity index (χ0) is 12.0. The van der Waals surface area contributed by atoms with Crippen molar-refractivity contribution in [1.82, 2.24) is 0 Å². The lowest BCUT2D eigenvalue weighted by Gasteiger charge is -2.04. The van der Waals surface area contributed by atoms with Gasteiger partial charge in [0, 0.05) is 16.3 Å². The molecule has 16 heavy (non-hydrogen) atoms. The number of hydrogen-bond acceptors (Lipinski definition) is 4. The molecular formula is C11H14FNO2S. The summed E-state index contributed by atoms with van der Waals surface area (Å²) in [6.45, 7) is 2.13. The lowest BCUT2D eigenvalue weighted by atomic mass is 10.3. The van der Waals surface area contributed by atoms with Crippen molar-refractivity contribution in [2.24, 2.45) is 0 Å². The van der Waals surface area contributed by atoms with Crippen LogP contribution in [0.4, 0.5) is 10.1 Å². The third kappa shape index (κ3) is 4.10. The Balaban J connectivity index is 2.40. The number of esters is 1. The molecule has 1 aromatic rings. The van der Waals surface area contributed by atoms with E-state index in [0.29, 0.717) is 22.9 Å². The number of carbonyl (C=O) groups is 1. The molecule has 0 unspecified atom stereocenters. The Morgan fingerprint density at radius 3 is 2.94 bits per heavy atom. The van der Waals surface area contributed by atoms with Crippen molar-refractivity contribution < 1.29 is 13.9 Å². The van der Waals surface area contributed by atoms with Gasteiger partial charge in [0.05, 0.1) is 13.0 Å². The summed E-state index contributed by atoms with van der Waals surface area (Å²) in [7, 11) is 0. The molecule has 1 aromatic carbocycles. The van der Waals surface area contributed by atoms with E-state index in [1.165, 1.54) is 17.8 Å². The SMILES string of the molecule is CCOC(=O)CCSc1ccc(N)cc1F. The highest BCUT2D eigenvalue weighted by atomic mass is 32.2. The molecule has 0 heterocycles. The molecule has 0 aromatic heterocycles. The van der Waals surface area contributed by atoms with E-state index in [-0.39, 0.29) is 18.2 Å². The van der Waals surface area contributed by atoms with E-state index in [2.05, 4.69) is 0 Å². The second-order valence-electron chi connectivity index (χ2n) is 3.09. The minimum absolute atomic E-state index is 0.258. The van der Waals surface area contributed by atoms with Crippen molar-refractivity contribution in [2.75, 3.05) is 18.1 Å². The molecule has 0 aliphatic carbocycles. The van der Waals surface area contributed by atoms with Gasteiger partial charge < -0.3 is 10.5 Å². The molecule has 0 saturated carbocycles. The first-order chi connectivity index (χ1) is 7.63. The number of hydrogen-bond donors (Lipinski definition) is 1. The van der Waals surface area contributed by atoms with Crippen LogP contribution in [0.25, 0.3) is 0 Å². The summed E-state index contributed by atoms with van der Waals surface area (Å²) < 4.78 is 18.1. The first-order valence-corrected chi connectivity index (χ1v) is 5.95. The van der Waals surface area contributed by atoms with Crippen molar-refractivity contribution in [1.29, 1.82) is 0 Å². The number of nitrogens with two attached hydrogens (primary N) is 1. The van der Waals surface area contributed by atoms with Crippen LogP contribution in [0.5, 0.6) is 0 Å². The third-order valence-electron chi connectivity index (χ3n) is 1.83. The van der Waals surface area contributed by atoms with Gasteiger partial charge in [0.15, 0.2) is 0 Å². The van der Waals surface area contributed by atoms with E-state index >= 15 is 0 Å². The summed E-state index contributed by atoms with van der Waals surface area (Å²) in [6.07, 6.45) is 0.280. The maximum absolute atomic E-state index is 13.3. The summed E-state index contributed by atoms with van der Waals surface area (Å²) in [6, 6.07) is 4.52. The second-order valence-corrected chi connectivity index (χ2v) is 4.23. The highest BCUT2D eigenvalue weighted by Crippen LogP contribution is 2.23. The molecule has 0 bridgehead atoms. The van der Waals surface area contributed by atoms with Gasteiger partial charge in [0.25, 0.3) is 0 Å². The Kier molecular flexibility index (Phi) is 5.11. The second kappa shape index (κ2) is 6.37. The standard InChI is InChI=1S/C11H14FNO2S/c1-2-15-11(14)5-6-16-10-4-3-8(13)7-9(10)12/h3-4,7H,2,5-6,13H2,1H3. The van der Waals surface area contributed by atoms with Crippen molar-refractivity contribution in [3.8, 4) is 0 Å². The fraction of sp³-hybridized carbons (Fsp3) is 0.364. The maximum Gasteiger partial charge on any atom is 0.306 e. The van der Waals surface area contributed by atoms with Gasteiger partial charge in [0.2, 0.25) is 0 Å². The van der Waals surface area contributed by atoms with Crippen LogP contribution in [0.15, 0.2) is 23.1 Å². The highest BCUT2D eigenvalue weighted by molar-refractivity contribution is 7.99. The van der Waals surface area contributed by atoms with Gasteiger partial charge in [-0.1, -0.05) is 0 Å². The molecule has 0 saturated heterocycles. The number of nitrogen functional groups attached to an aromatic ring is 1. The maximum atomic E-state index is 13.3. The number of anilines is 1. The molecule has 0 atom stereocenters. The average molecular weight is 243 g/mol. The quantitative estimate of drug-likeness (QED) is 0.490. The summed E-state index contributed by atoms with van der Waals surface area (Å²) in [5.74, 6) is -0.112. The van der Waals surface area contributed by atoms with Crippen LogP contribution in [0.1, 0.15) is 13.3 Å². The van der Waals surface area contributed by atoms with E-state index in [1.54, 1.807) is 19.1 Å². The Labute approximate surface area is 98.2 Å². The minimum atomic E-state index is -0.353. The van der Waals surface area contributed by atoms with E-state index in [4.69, 9.17) is 10.5 Å². The normalized spacial score (nSPS) is 10.1. The van der Waals surface area contributed by atoms with Gasteiger partial charge in [-0.2, -0.15) is 0 Å². The predicted octanol–water partition coefficient (Wildman–Crippen LogP) is 2.45. The third-order valence-corrected chi connectivity index (χ3v) is 2.88. The zero-order valence-corrected chi connectivity index (χ0v) is 9.85. The molecule has 0 aliphatic rings. The van der Waals surface area contributed by atoms with Crippen LogP contribution < -0.4 is 5.73 Å². The van der Waals surface area contributed by atoms with Gasteiger partial charge >= 0.3 is 5.97 Å². The van der Waals surface area contributed by atoms with Crippen LogP contribution >= 0.6 is 11.8 Å². The van der Waals surface area contributed by atoms with Crippen LogP contribution in [-0.2, 0) is 9.53 Å². The number of carbonyl (C=O) groups excluding carboxylic acids is 1. The first-order valence-electron chi connectivity index (χ1n) is 4.97. The molecule has 3 nitrogen and oxygen atoms in total. The van der Waals surface area contributed by atoms with Crippen molar-refractivity contribution in [3.05, 3.63) is 24.0 Å². The largest absolute Gasteiger partial charge is 0.466 e. The minimum Gasteiger partial charge on any atom is -0.466 e. The smallest absolute Gasteiger partial charge is 0.306 e. The fourth-order valence-electron chi connectivity index (χ4n) is 1.11. The van der Waals surface area contributed by atoms with Crippen molar-refractivity contribution in [2.45, 2.75) is 18.2 Å². The lowest BCUT2D eigenvalue weighted by Crippen LogP contribution is -2.04. The van der Waals surface area contributed by atoms with E-state index in [0.717, 1.165) is 0 Å². The van der Waals surface area contributed by atoms with Crippen molar-refractivity contribution >= 4 is 23.4 Å². The Bertz CT molecular complexity index is 371.